The second-order valence-electron chi connectivity index (χ2n) is 7.51. The Labute approximate surface area is 188 Å². The van der Waals surface area contributed by atoms with E-state index in [1.165, 1.54) is 18.2 Å². The van der Waals surface area contributed by atoms with Gasteiger partial charge in [-0.3, -0.25) is 0 Å². The van der Waals surface area contributed by atoms with E-state index < -0.39 is 80.4 Å². The van der Waals surface area contributed by atoms with Crippen LogP contribution in [0.1, 0.15) is 0 Å². The molecule has 4 aromatic carbocycles. The first-order valence-electron chi connectivity index (χ1n) is 9.62. The predicted molar refractivity (Wildman–Crippen MR) is 106 cm³/mol. The van der Waals surface area contributed by atoms with Crippen LogP contribution in [-0.2, 0) is 0 Å². The minimum Gasteiger partial charge on any atom is -0.354 e. The van der Waals surface area contributed by atoms with Crippen LogP contribution in [0.15, 0.2) is 36.4 Å². The fraction of sp³-hybridized carbons (Fsp3) is 0. The lowest BCUT2D eigenvalue weighted by molar-refractivity contribution is 0.381. The molecule has 0 aliphatic rings. The Morgan fingerprint density at radius 2 is 0.914 bits per heavy atom. The van der Waals surface area contributed by atoms with Crippen LogP contribution in [0.3, 0.4) is 0 Å². The number of hydrogen-bond donors (Lipinski definition) is 1. The van der Waals surface area contributed by atoms with Crippen molar-refractivity contribution in [3.63, 3.8) is 0 Å². The van der Waals surface area contributed by atoms with Crippen LogP contribution in [0.5, 0.6) is 0 Å². The third kappa shape index (κ3) is 3.10. The lowest BCUT2D eigenvalue weighted by Crippen LogP contribution is -2.06. The van der Waals surface area contributed by atoms with E-state index >= 15 is 0 Å². The first kappa shape index (κ1) is 22.8. The van der Waals surface area contributed by atoms with Gasteiger partial charge in [0.05, 0.1) is 16.6 Å². The normalized spacial score (nSPS) is 11.7. The number of halogens is 10. The molecular weight excluding hydrogens is 492 g/mol. The Kier molecular flexibility index (Phi) is 5.04. The van der Waals surface area contributed by atoms with Crippen molar-refractivity contribution in [3.05, 3.63) is 94.6 Å². The van der Waals surface area contributed by atoms with Gasteiger partial charge in [0, 0.05) is 21.9 Å². The van der Waals surface area contributed by atoms with Crippen molar-refractivity contribution in [2.45, 2.75) is 0 Å². The first-order chi connectivity index (χ1) is 16.5. The molecule has 1 heterocycles. The van der Waals surface area contributed by atoms with Gasteiger partial charge in [0.15, 0.2) is 46.5 Å². The van der Waals surface area contributed by atoms with Gasteiger partial charge in [-0.05, 0) is 23.8 Å². The summed E-state index contributed by atoms with van der Waals surface area (Å²) in [7, 11) is 0. The molecule has 0 aliphatic heterocycles. The summed E-state index contributed by atoms with van der Waals surface area (Å²) in [5.41, 5.74) is -4.33. The number of aromatic nitrogens is 1. The predicted octanol–water partition coefficient (Wildman–Crippen LogP) is 8.05. The van der Waals surface area contributed by atoms with E-state index in [9.17, 15) is 43.9 Å². The molecule has 0 saturated heterocycles. The highest BCUT2D eigenvalue weighted by Gasteiger charge is 2.31. The minimum absolute atomic E-state index is 0.0408. The molecule has 0 radical (unpaired) electrons. The monoisotopic (exact) mass is 499 g/mol. The topological polar surface area (TPSA) is 15.8 Å². The van der Waals surface area contributed by atoms with Crippen LogP contribution < -0.4 is 0 Å². The summed E-state index contributed by atoms with van der Waals surface area (Å²) in [5.74, 6) is -23.0. The van der Waals surface area contributed by atoms with E-state index in [0.29, 0.717) is 11.6 Å². The molecule has 1 nitrogen and oxygen atoms in total. The number of para-hydroxylation sites is 1. The minimum atomic E-state index is -2.44. The van der Waals surface area contributed by atoms with Gasteiger partial charge >= 0.3 is 0 Å². The van der Waals surface area contributed by atoms with E-state index in [0.717, 1.165) is 6.07 Å². The molecule has 0 saturated carbocycles. The summed E-state index contributed by atoms with van der Waals surface area (Å²) in [6.07, 6.45) is 0. The number of nitrogens with one attached hydrogen (secondary N) is 1. The molecular formula is C24H7F10N. The van der Waals surface area contributed by atoms with Gasteiger partial charge in [-0.15, -0.1) is 0 Å². The van der Waals surface area contributed by atoms with Crippen LogP contribution in [0, 0.1) is 58.2 Å². The smallest absolute Gasteiger partial charge is 0.200 e. The van der Waals surface area contributed by atoms with Crippen molar-refractivity contribution in [1.82, 2.24) is 4.98 Å². The van der Waals surface area contributed by atoms with E-state index in [2.05, 4.69) is 4.98 Å². The second kappa shape index (κ2) is 7.76. The molecule has 0 unspecified atom stereocenters. The molecule has 0 spiro atoms. The van der Waals surface area contributed by atoms with E-state index in [1.807, 2.05) is 0 Å². The Morgan fingerprint density at radius 1 is 0.457 bits per heavy atom. The van der Waals surface area contributed by atoms with Crippen LogP contribution in [-0.4, -0.2) is 4.98 Å². The van der Waals surface area contributed by atoms with Gasteiger partial charge in [0.2, 0.25) is 11.6 Å². The summed E-state index contributed by atoms with van der Waals surface area (Å²) in [6.45, 7) is 0. The van der Waals surface area contributed by atoms with E-state index in [-0.39, 0.29) is 16.3 Å². The molecule has 178 valence electrons. The summed E-state index contributed by atoms with van der Waals surface area (Å²) in [6, 6.07) is 7.55. The number of rotatable bonds is 2. The van der Waals surface area contributed by atoms with Crippen molar-refractivity contribution in [1.29, 1.82) is 0 Å². The molecule has 0 atom stereocenters. The largest absolute Gasteiger partial charge is 0.354 e. The number of hydrogen-bond acceptors (Lipinski definition) is 0. The molecule has 5 aromatic rings. The fourth-order valence-corrected chi connectivity index (χ4v) is 3.99. The molecule has 0 amide bonds. The highest BCUT2D eigenvalue weighted by molar-refractivity contribution is 6.13. The summed E-state index contributed by atoms with van der Waals surface area (Å²) < 4.78 is 141. The highest BCUT2D eigenvalue weighted by Crippen LogP contribution is 2.42. The Morgan fingerprint density at radius 3 is 1.46 bits per heavy atom. The molecule has 1 aromatic heterocycles. The molecule has 0 fully saturated rings. The zero-order valence-electron chi connectivity index (χ0n) is 16.7. The third-order valence-electron chi connectivity index (χ3n) is 5.59. The van der Waals surface area contributed by atoms with Crippen LogP contribution in [0.2, 0.25) is 0 Å². The van der Waals surface area contributed by atoms with E-state index in [4.69, 9.17) is 0 Å². The molecule has 11 heteroatoms. The van der Waals surface area contributed by atoms with Gasteiger partial charge in [0.1, 0.15) is 0 Å². The second-order valence-corrected chi connectivity index (χ2v) is 7.51. The summed E-state index contributed by atoms with van der Waals surface area (Å²) >= 11 is 0. The average Bonchev–Trinajstić information content (AvgIpc) is 3.23. The van der Waals surface area contributed by atoms with Gasteiger partial charge in [-0.1, -0.05) is 18.2 Å². The third-order valence-corrected chi connectivity index (χ3v) is 5.59. The number of aromatic amines is 1. The lowest BCUT2D eigenvalue weighted by atomic mass is 9.94. The maximum Gasteiger partial charge on any atom is 0.200 e. The van der Waals surface area contributed by atoms with Gasteiger partial charge in [-0.25, -0.2) is 43.9 Å². The zero-order chi connectivity index (χ0) is 25.3. The molecule has 35 heavy (non-hydrogen) atoms. The quantitative estimate of drug-likeness (QED) is 0.144. The summed E-state index contributed by atoms with van der Waals surface area (Å²) in [4.78, 5) is 2.73. The van der Waals surface area contributed by atoms with Crippen LogP contribution in [0.4, 0.5) is 43.9 Å². The lowest BCUT2D eigenvalue weighted by Gasteiger charge is -2.14. The SMILES string of the molecule is Fc1c(F)c(F)c(-c2cc(-c3c(F)c(F)c(F)c(F)c3F)c3[nH]c4ccccc4c3c2)c(F)c1F. The Bertz CT molecular complexity index is 1650. The maximum atomic E-state index is 14.7. The molecule has 0 aliphatic carbocycles. The highest BCUT2D eigenvalue weighted by atomic mass is 19.2. The van der Waals surface area contributed by atoms with Crippen LogP contribution in [0.25, 0.3) is 44.1 Å². The zero-order valence-corrected chi connectivity index (χ0v) is 16.7. The van der Waals surface area contributed by atoms with Crippen molar-refractivity contribution in [3.8, 4) is 22.3 Å². The van der Waals surface area contributed by atoms with Gasteiger partial charge in [-0.2, -0.15) is 0 Å². The molecule has 0 bridgehead atoms. The van der Waals surface area contributed by atoms with Crippen molar-refractivity contribution in [2.24, 2.45) is 0 Å². The van der Waals surface area contributed by atoms with E-state index in [1.54, 1.807) is 6.07 Å². The number of benzene rings is 4. The number of fused-ring (bicyclic) bond motifs is 3. The Balaban J connectivity index is 2.00. The maximum absolute atomic E-state index is 14.7. The van der Waals surface area contributed by atoms with Gasteiger partial charge in [0.25, 0.3) is 0 Å². The van der Waals surface area contributed by atoms with Crippen molar-refractivity contribution < 1.29 is 43.9 Å². The molecule has 1 N–H and O–H groups in total. The van der Waals surface area contributed by atoms with Crippen molar-refractivity contribution in [2.75, 3.05) is 0 Å². The van der Waals surface area contributed by atoms with Crippen molar-refractivity contribution >= 4 is 21.8 Å². The number of H-pyrrole nitrogens is 1. The Hall–Kier alpha value is -4.02. The first-order valence-corrected chi connectivity index (χ1v) is 9.62. The molecule has 5 rings (SSSR count). The summed E-state index contributed by atoms with van der Waals surface area (Å²) in [5, 5.41) is 0.235. The van der Waals surface area contributed by atoms with Gasteiger partial charge < -0.3 is 4.98 Å². The average molecular weight is 499 g/mol. The van der Waals surface area contributed by atoms with Crippen LogP contribution >= 0.6 is 0 Å². The standard InChI is InChI=1S/C24H7F10N/c25-14-12(15(26)19(30)22(33)18(14)29)7-5-9-8-3-1-2-4-11(8)35-24(9)10(6-7)13-16(27)20(31)23(34)21(32)17(13)28/h1-6,35H. The fourth-order valence-electron chi connectivity index (χ4n) is 3.99.